The van der Waals surface area contributed by atoms with Crippen molar-refractivity contribution in [2.45, 2.75) is 6.54 Å². The molecule has 0 radical (unpaired) electrons. The van der Waals surface area contributed by atoms with Crippen LogP contribution in [-0.2, 0) is 11.3 Å². The summed E-state index contributed by atoms with van der Waals surface area (Å²) >= 11 is 5.94. The summed E-state index contributed by atoms with van der Waals surface area (Å²) in [5.74, 6) is 0.361. The van der Waals surface area contributed by atoms with Crippen LogP contribution in [-0.4, -0.2) is 32.5 Å². The monoisotopic (exact) mass is 469 g/mol. The lowest BCUT2D eigenvalue weighted by Gasteiger charge is -2.08. The molecule has 5 aromatic rings. The number of ether oxygens (including phenoxy) is 1. The van der Waals surface area contributed by atoms with Gasteiger partial charge in [0.1, 0.15) is 11.4 Å². The van der Waals surface area contributed by atoms with Crippen molar-refractivity contribution >= 4 is 34.0 Å². The van der Waals surface area contributed by atoms with Gasteiger partial charge in [0, 0.05) is 34.1 Å². The molecular weight excluding hydrogens is 450 g/mol. The van der Waals surface area contributed by atoms with Crippen LogP contribution in [0.1, 0.15) is 5.56 Å². The highest BCUT2D eigenvalue weighted by atomic mass is 35.5. The highest BCUT2D eigenvalue weighted by Gasteiger charge is 2.08. The number of fused-ring (bicyclic) bond motifs is 1. The quantitative estimate of drug-likeness (QED) is 0.353. The van der Waals surface area contributed by atoms with Crippen LogP contribution < -0.4 is 10.1 Å². The summed E-state index contributed by atoms with van der Waals surface area (Å²) in [5, 5.41) is 14.0. The van der Waals surface area contributed by atoms with Crippen molar-refractivity contribution in [2.24, 2.45) is 0 Å². The Bertz CT molecular complexity index is 1430. The average molecular weight is 470 g/mol. The number of amides is 1. The second-order valence-corrected chi connectivity index (χ2v) is 8.16. The molecule has 5 rings (SSSR count). The number of carbonyl (C=O) groups is 1. The number of nitrogens with one attached hydrogen (secondary N) is 1. The Labute approximate surface area is 201 Å². The molecule has 0 bridgehead atoms. The summed E-state index contributed by atoms with van der Waals surface area (Å²) < 4.78 is 7.41. The largest absolute Gasteiger partial charge is 0.484 e. The minimum Gasteiger partial charge on any atom is -0.484 e. The van der Waals surface area contributed by atoms with Crippen molar-refractivity contribution in [3.63, 3.8) is 0 Å². The Balaban J connectivity index is 1.16. The number of halogens is 1. The van der Waals surface area contributed by atoms with E-state index in [1.165, 1.54) is 0 Å². The van der Waals surface area contributed by atoms with Crippen molar-refractivity contribution in [1.82, 2.24) is 20.0 Å². The Kier molecular flexibility index (Phi) is 6.18. The predicted octanol–water partition coefficient (Wildman–Crippen LogP) is 5.21. The van der Waals surface area contributed by atoms with Crippen molar-refractivity contribution in [2.75, 3.05) is 11.9 Å². The molecule has 0 fully saturated rings. The van der Waals surface area contributed by atoms with Gasteiger partial charge in [-0.2, -0.15) is 0 Å². The van der Waals surface area contributed by atoms with E-state index in [0.717, 1.165) is 27.6 Å². The van der Waals surface area contributed by atoms with Crippen LogP contribution in [0.2, 0.25) is 5.02 Å². The van der Waals surface area contributed by atoms with Gasteiger partial charge in [0.2, 0.25) is 0 Å². The van der Waals surface area contributed by atoms with E-state index < -0.39 is 0 Å². The van der Waals surface area contributed by atoms with Crippen molar-refractivity contribution in [3.05, 3.63) is 102 Å². The molecule has 0 aliphatic heterocycles. The summed E-state index contributed by atoms with van der Waals surface area (Å²) in [6.45, 7) is 0.513. The molecule has 0 atom stereocenters. The fourth-order valence-corrected chi connectivity index (χ4v) is 3.64. The number of carbonyl (C=O) groups excluding carboxylic acids is 1. The SMILES string of the molecule is O=C(COc1ccc(-c2cn(Cc3ccc(Cl)cc3)nn2)cc1)Nc1ccc2cnccc2c1. The molecule has 0 saturated carbocycles. The van der Waals surface area contributed by atoms with Gasteiger partial charge in [-0.25, -0.2) is 4.68 Å². The smallest absolute Gasteiger partial charge is 0.262 e. The first kappa shape index (κ1) is 21.6. The van der Waals surface area contributed by atoms with Crippen LogP contribution >= 0.6 is 11.6 Å². The molecule has 1 N–H and O–H groups in total. The molecule has 0 saturated heterocycles. The number of pyridine rings is 1. The van der Waals surface area contributed by atoms with Crippen LogP contribution in [0, 0.1) is 0 Å². The van der Waals surface area contributed by atoms with E-state index in [1.54, 1.807) is 17.1 Å². The Morgan fingerprint density at radius 3 is 2.62 bits per heavy atom. The maximum Gasteiger partial charge on any atom is 0.262 e. The average Bonchev–Trinajstić information content (AvgIpc) is 3.33. The van der Waals surface area contributed by atoms with E-state index in [9.17, 15) is 4.79 Å². The van der Waals surface area contributed by atoms with E-state index in [2.05, 4.69) is 20.6 Å². The Morgan fingerprint density at radius 1 is 0.971 bits per heavy atom. The molecule has 2 aromatic heterocycles. The molecular formula is C26H20ClN5O2. The van der Waals surface area contributed by atoms with Gasteiger partial charge in [0.25, 0.3) is 5.91 Å². The number of aromatic nitrogens is 4. The summed E-state index contributed by atoms with van der Waals surface area (Å²) in [6, 6.07) is 22.6. The molecule has 2 heterocycles. The molecule has 34 heavy (non-hydrogen) atoms. The third-order valence-electron chi connectivity index (χ3n) is 5.24. The fraction of sp³-hybridized carbons (Fsp3) is 0.0769. The maximum absolute atomic E-state index is 12.3. The maximum atomic E-state index is 12.3. The van der Waals surface area contributed by atoms with Crippen LogP contribution in [0.5, 0.6) is 5.75 Å². The number of rotatable bonds is 7. The van der Waals surface area contributed by atoms with E-state index in [1.807, 2.05) is 79.0 Å². The first-order chi connectivity index (χ1) is 16.6. The van der Waals surface area contributed by atoms with E-state index in [0.29, 0.717) is 23.0 Å². The first-order valence-electron chi connectivity index (χ1n) is 10.6. The highest BCUT2D eigenvalue weighted by Crippen LogP contribution is 2.21. The molecule has 1 amide bonds. The van der Waals surface area contributed by atoms with Gasteiger partial charge in [-0.05, 0) is 65.5 Å². The van der Waals surface area contributed by atoms with Gasteiger partial charge in [0.15, 0.2) is 6.61 Å². The van der Waals surface area contributed by atoms with Crippen molar-refractivity contribution in [1.29, 1.82) is 0 Å². The lowest BCUT2D eigenvalue weighted by Crippen LogP contribution is -2.20. The number of nitrogens with zero attached hydrogens (tertiary/aromatic N) is 4. The minimum absolute atomic E-state index is 0.0923. The normalized spacial score (nSPS) is 10.9. The summed E-state index contributed by atoms with van der Waals surface area (Å²) in [4.78, 5) is 16.4. The fourth-order valence-electron chi connectivity index (χ4n) is 3.51. The minimum atomic E-state index is -0.234. The number of hydrogen-bond acceptors (Lipinski definition) is 5. The molecule has 3 aromatic carbocycles. The van der Waals surface area contributed by atoms with Gasteiger partial charge < -0.3 is 10.1 Å². The van der Waals surface area contributed by atoms with Crippen LogP contribution in [0.25, 0.3) is 22.0 Å². The van der Waals surface area contributed by atoms with Crippen molar-refractivity contribution < 1.29 is 9.53 Å². The molecule has 168 valence electrons. The van der Waals surface area contributed by atoms with Crippen LogP contribution in [0.3, 0.4) is 0 Å². The summed E-state index contributed by atoms with van der Waals surface area (Å²) in [7, 11) is 0. The lowest BCUT2D eigenvalue weighted by atomic mass is 10.1. The highest BCUT2D eigenvalue weighted by molar-refractivity contribution is 6.30. The van der Waals surface area contributed by atoms with Gasteiger partial charge in [0.05, 0.1) is 12.7 Å². The molecule has 7 nitrogen and oxygen atoms in total. The Morgan fingerprint density at radius 2 is 1.79 bits per heavy atom. The second kappa shape index (κ2) is 9.72. The second-order valence-electron chi connectivity index (χ2n) is 7.73. The molecule has 0 aliphatic carbocycles. The zero-order valence-electron chi connectivity index (χ0n) is 18.1. The predicted molar refractivity (Wildman–Crippen MR) is 132 cm³/mol. The van der Waals surface area contributed by atoms with Gasteiger partial charge in [-0.1, -0.05) is 35.0 Å². The molecule has 8 heteroatoms. The zero-order chi connectivity index (χ0) is 23.3. The lowest BCUT2D eigenvalue weighted by molar-refractivity contribution is -0.118. The van der Waals surface area contributed by atoms with Gasteiger partial charge in [-0.3, -0.25) is 9.78 Å². The van der Waals surface area contributed by atoms with Crippen LogP contribution in [0.4, 0.5) is 5.69 Å². The summed E-state index contributed by atoms with van der Waals surface area (Å²) in [5.41, 5.74) is 3.46. The topological polar surface area (TPSA) is 81.9 Å². The number of benzene rings is 3. The number of hydrogen-bond donors (Lipinski definition) is 1. The number of anilines is 1. The molecule has 0 aliphatic rings. The third-order valence-corrected chi connectivity index (χ3v) is 5.49. The van der Waals surface area contributed by atoms with E-state index in [4.69, 9.17) is 16.3 Å². The van der Waals surface area contributed by atoms with Gasteiger partial charge in [-0.15, -0.1) is 5.10 Å². The van der Waals surface area contributed by atoms with Crippen LogP contribution in [0.15, 0.2) is 91.4 Å². The third kappa shape index (κ3) is 5.22. The molecule has 0 unspecified atom stereocenters. The zero-order valence-corrected chi connectivity index (χ0v) is 18.8. The standard InChI is InChI=1S/C26H20ClN5O2/c27-22-6-1-18(2-7-22)15-32-16-25(30-31-32)19-4-9-24(10-5-19)34-17-26(33)29-23-8-3-21-14-28-12-11-20(21)13-23/h1-14,16H,15,17H2,(H,29,33). The Hall–Kier alpha value is -4.23. The van der Waals surface area contributed by atoms with E-state index >= 15 is 0 Å². The van der Waals surface area contributed by atoms with E-state index in [-0.39, 0.29) is 12.5 Å². The molecule has 0 spiro atoms. The summed E-state index contributed by atoms with van der Waals surface area (Å²) in [6.07, 6.45) is 5.40. The first-order valence-corrected chi connectivity index (χ1v) is 11.0. The van der Waals surface area contributed by atoms with Crippen molar-refractivity contribution in [3.8, 4) is 17.0 Å². The van der Waals surface area contributed by atoms with Gasteiger partial charge >= 0.3 is 0 Å².